The molecule has 0 radical (unpaired) electrons. The number of carboxylic acid groups (broad SMARTS) is 1. The second kappa shape index (κ2) is 15.0. The van der Waals surface area contributed by atoms with E-state index in [0.29, 0.717) is 25.8 Å². The number of nitrogens with two attached hydrogens (primary N) is 2. The van der Waals surface area contributed by atoms with Crippen LogP contribution in [0.3, 0.4) is 0 Å². The highest BCUT2D eigenvalue weighted by molar-refractivity contribution is 7.80. The number of thiol groups is 1. The molecule has 0 saturated carbocycles. The van der Waals surface area contributed by atoms with Gasteiger partial charge in [-0.05, 0) is 37.6 Å². The summed E-state index contributed by atoms with van der Waals surface area (Å²) in [6.45, 7) is 7.62. The summed E-state index contributed by atoms with van der Waals surface area (Å²) in [5.41, 5.74) is 11.3. The van der Waals surface area contributed by atoms with Crippen molar-refractivity contribution in [1.82, 2.24) is 16.0 Å². The summed E-state index contributed by atoms with van der Waals surface area (Å²) in [5.74, 6) is -3.09. The Morgan fingerprint density at radius 2 is 1.45 bits per heavy atom. The summed E-state index contributed by atoms with van der Waals surface area (Å²) in [4.78, 5) is 49.1. The van der Waals surface area contributed by atoms with Crippen LogP contribution in [0.5, 0.6) is 0 Å². The molecule has 10 nitrogen and oxygen atoms in total. The molecule has 0 rings (SSSR count). The van der Waals surface area contributed by atoms with Crippen LogP contribution in [0, 0.1) is 11.8 Å². The van der Waals surface area contributed by atoms with E-state index >= 15 is 0 Å². The van der Waals surface area contributed by atoms with Crippen molar-refractivity contribution in [2.24, 2.45) is 23.3 Å². The highest BCUT2D eigenvalue weighted by Crippen LogP contribution is 2.09. The summed E-state index contributed by atoms with van der Waals surface area (Å²) in [7, 11) is 0. The van der Waals surface area contributed by atoms with Gasteiger partial charge >= 0.3 is 5.97 Å². The van der Waals surface area contributed by atoms with Crippen LogP contribution in [0.2, 0.25) is 0 Å². The van der Waals surface area contributed by atoms with Gasteiger partial charge in [-0.15, -0.1) is 0 Å². The van der Waals surface area contributed by atoms with Gasteiger partial charge in [0, 0.05) is 5.75 Å². The predicted octanol–water partition coefficient (Wildman–Crippen LogP) is -0.386. The van der Waals surface area contributed by atoms with E-state index in [4.69, 9.17) is 11.5 Å². The predicted molar refractivity (Wildman–Crippen MR) is 122 cm³/mol. The number of unbranched alkanes of at least 4 members (excludes halogenated alkanes) is 1. The fourth-order valence-corrected chi connectivity index (χ4v) is 3.11. The lowest BCUT2D eigenvalue weighted by atomic mass is 10.00. The van der Waals surface area contributed by atoms with E-state index in [2.05, 4.69) is 28.6 Å². The van der Waals surface area contributed by atoms with Gasteiger partial charge in [-0.2, -0.15) is 12.6 Å². The lowest BCUT2D eigenvalue weighted by Crippen LogP contribution is -2.58. The molecular weight excluding hydrogens is 422 g/mol. The Balaban J connectivity index is 5.15. The van der Waals surface area contributed by atoms with Crippen LogP contribution in [0.25, 0.3) is 0 Å². The molecule has 0 heterocycles. The Labute approximate surface area is 190 Å². The summed E-state index contributed by atoms with van der Waals surface area (Å²) >= 11 is 4.13. The van der Waals surface area contributed by atoms with Crippen molar-refractivity contribution in [3.8, 4) is 0 Å². The van der Waals surface area contributed by atoms with E-state index in [0.717, 1.165) is 6.42 Å². The molecule has 8 N–H and O–H groups in total. The Morgan fingerprint density at radius 1 is 0.903 bits per heavy atom. The molecule has 31 heavy (non-hydrogen) atoms. The Hall–Kier alpha value is -1.85. The van der Waals surface area contributed by atoms with Gasteiger partial charge in [0.2, 0.25) is 17.7 Å². The first kappa shape index (κ1) is 29.1. The molecule has 0 bridgehead atoms. The van der Waals surface area contributed by atoms with E-state index in [1.807, 2.05) is 13.8 Å². The fraction of sp³-hybridized carbons (Fsp3) is 0.800. The maximum atomic E-state index is 12.7. The van der Waals surface area contributed by atoms with E-state index in [9.17, 15) is 24.3 Å². The van der Waals surface area contributed by atoms with Crippen LogP contribution in [-0.2, 0) is 19.2 Å². The van der Waals surface area contributed by atoms with Gasteiger partial charge < -0.3 is 32.5 Å². The van der Waals surface area contributed by atoms with E-state index < -0.39 is 47.9 Å². The minimum Gasteiger partial charge on any atom is -0.480 e. The largest absolute Gasteiger partial charge is 0.480 e. The van der Waals surface area contributed by atoms with Crippen molar-refractivity contribution in [3.63, 3.8) is 0 Å². The van der Waals surface area contributed by atoms with Gasteiger partial charge in [0.1, 0.15) is 18.1 Å². The minimum atomic E-state index is -1.15. The van der Waals surface area contributed by atoms with Crippen LogP contribution in [0.4, 0.5) is 0 Å². The van der Waals surface area contributed by atoms with Gasteiger partial charge in [-0.25, -0.2) is 4.79 Å². The van der Waals surface area contributed by atoms with Crippen molar-refractivity contribution >= 4 is 36.3 Å². The first-order valence-electron chi connectivity index (χ1n) is 10.6. The Kier molecular flexibility index (Phi) is 14.1. The van der Waals surface area contributed by atoms with Crippen molar-refractivity contribution in [3.05, 3.63) is 0 Å². The third-order valence-electron chi connectivity index (χ3n) is 4.69. The standard InChI is InChI=1S/C20H39N5O5S/c1-11(2)9-14(18(27)25-16(12(3)4)20(29)30)23-19(28)15(10-31)24-17(26)13(22)7-5-6-8-21/h11-16,31H,5-10,21-22H2,1-4H3,(H,23,28)(H,24,26)(H,25,27)(H,29,30). The maximum absolute atomic E-state index is 12.7. The summed E-state index contributed by atoms with van der Waals surface area (Å²) in [6.07, 6.45) is 2.18. The molecule has 0 aromatic rings. The number of hydrogen-bond acceptors (Lipinski definition) is 7. The van der Waals surface area contributed by atoms with E-state index in [-0.39, 0.29) is 17.6 Å². The average molecular weight is 462 g/mol. The number of nitrogens with one attached hydrogen (secondary N) is 3. The van der Waals surface area contributed by atoms with Gasteiger partial charge in [0.05, 0.1) is 6.04 Å². The molecule has 0 aliphatic rings. The molecule has 0 saturated heterocycles. The van der Waals surface area contributed by atoms with Crippen LogP contribution in [0.1, 0.15) is 53.4 Å². The second-order valence-electron chi connectivity index (χ2n) is 8.39. The second-order valence-corrected chi connectivity index (χ2v) is 8.76. The normalized spacial score (nSPS) is 15.1. The smallest absolute Gasteiger partial charge is 0.326 e. The molecule has 0 spiro atoms. The summed E-state index contributed by atoms with van der Waals surface area (Å²) in [6, 6.07) is -3.80. The van der Waals surface area contributed by atoms with E-state index in [1.165, 1.54) is 0 Å². The molecule has 180 valence electrons. The third kappa shape index (κ3) is 11.4. The SMILES string of the molecule is CC(C)CC(NC(=O)C(CS)NC(=O)C(N)CCCCN)C(=O)NC(C(=O)O)C(C)C. The third-order valence-corrected chi connectivity index (χ3v) is 5.06. The number of carbonyl (C=O) groups excluding carboxylic acids is 3. The first-order valence-corrected chi connectivity index (χ1v) is 11.3. The highest BCUT2D eigenvalue weighted by atomic mass is 32.1. The molecule has 0 aliphatic carbocycles. The van der Waals surface area contributed by atoms with Crippen LogP contribution in [-0.4, -0.2) is 65.3 Å². The van der Waals surface area contributed by atoms with Gasteiger partial charge in [-0.3, -0.25) is 14.4 Å². The van der Waals surface area contributed by atoms with Gasteiger partial charge in [0.15, 0.2) is 0 Å². The Bertz CT molecular complexity index is 603. The zero-order chi connectivity index (χ0) is 24.1. The molecule has 11 heteroatoms. The van der Waals surface area contributed by atoms with Gasteiger partial charge in [-0.1, -0.05) is 34.1 Å². The minimum absolute atomic E-state index is 0.00680. The zero-order valence-electron chi connectivity index (χ0n) is 18.9. The molecule has 0 aliphatic heterocycles. The van der Waals surface area contributed by atoms with Gasteiger partial charge in [0.25, 0.3) is 0 Å². The van der Waals surface area contributed by atoms with Crippen LogP contribution in [0.15, 0.2) is 0 Å². The lowest BCUT2D eigenvalue weighted by Gasteiger charge is -2.26. The molecule has 3 amide bonds. The van der Waals surface area contributed by atoms with Crippen molar-refractivity contribution < 1.29 is 24.3 Å². The van der Waals surface area contributed by atoms with Crippen molar-refractivity contribution in [2.75, 3.05) is 12.3 Å². The number of hydrogen-bond donors (Lipinski definition) is 7. The quantitative estimate of drug-likeness (QED) is 0.128. The van der Waals surface area contributed by atoms with Crippen molar-refractivity contribution in [1.29, 1.82) is 0 Å². The summed E-state index contributed by atoms with van der Waals surface area (Å²) < 4.78 is 0. The lowest BCUT2D eigenvalue weighted by molar-refractivity contribution is -0.143. The van der Waals surface area contributed by atoms with Crippen LogP contribution < -0.4 is 27.4 Å². The average Bonchev–Trinajstić information content (AvgIpc) is 2.68. The molecule has 0 aromatic heterocycles. The molecule has 0 fully saturated rings. The topological polar surface area (TPSA) is 177 Å². The monoisotopic (exact) mass is 461 g/mol. The van der Waals surface area contributed by atoms with Crippen LogP contribution >= 0.6 is 12.6 Å². The number of rotatable bonds is 15. The summed E-state index contributed by atoms with van der Waals surface area (Å²) in [5, 5.41) is 17.0. The Morgan fingerprint density at radius 3 is 1.90 bits per heavy atom. The van der Waals surface area contributed by atoms with E-state index in [1.54, 1.807) is 13.8 Å². The number of amides is 3. The molecule has 0 aromatic carbocycles. The number of carboxylic acids is 1. The first-order chi connectivity index (χ1) is 14.4. The fourth-order valence-electron chi connectivity index (χ4n) is 2.86. The molecular formula is C20H39N5O5S. The zero-order valence-corrected chi connectivity index (χ0v) is 19.8. The number of carbonyl (C=O) groups is 4. The molecule has 4 atom stereocenters. The highest BCUT2D eigenvalue weighted by Gasteiger charge is 2.31. The molecule has 4 unspecified atom stereocenters. The number of aliphatic carboxylic acids is 1. The van der Waals surface area contributed by atoms with Crippen molar-refractivity contribution in [2.45, 2.75) is 77.5 Å². The maximum Gasteiger partial charge on any atom is 0.326 e.